The first kappa shape index (κ1) is 17.7. The average Bonchev–Trinajstić information content (AvgIpc) is 2.12. The van der Waals surface area contributed by atoms with E-state index in [1.807, 2.05) is 0 Å². The van der Waals surface area contributed by atoms with Crippen LogP contribution in [-0.4, -0.2) is 25.0 Å². The molecule has 1 rings (SSSR count). The molecule has 10 heteroatoms. The second kappa shape index (κ2) is 6.26. The topological polar surface area (TPSA) is 119 Å². The van der Waals surface area contributed by atoms with E-state index in [-0.39, 0.29) is 18.8 Å². The lowest BCUT2D eigenvalue weighted by Crippen LogP contribution is -3.00. The lowest BCUT2D eigenvalue weighted by molar-refractivity contribution is -0.679. The van der Waals surface area contributed by atoms with Crippen molar-refractivity contribution >= 4 is 15.2 Å². The van der Waals surface area contributed by atoms with E-state index in [0.29, 0.717) is 5.69 Å². The van der Waals surface area contributed by atoms with Crippen molar-refractivity contribution in [3.63, 3.8) is 0 Å². The molecule has 0 fully saturated rings. The third-order valence-corrected chi connectivity index (χ3v) is 6.05. The first-order chi connectivity index (χ1) is 7.62. The van der Waals surface area contributed by atoms with Gasteiger partial charge in [-0.05, 0) is 0 Å². The van der Waals surface area contributed by atoms with Gasteiger partial charge in [-0.2, -0.15) is 0 Å². The fourth-order valence-corrected chi connectivity index (χ4v) is 3.81. The van der Waals surface area contributed by atoms with Gasteiger partial charge in [-0.25, -0.2) is 4.57 Å². The second-order valence-electron chi connectivity index (χ2n) is 3.67. The maximum absolute atomic E-state index is 11.1. The van der Waals surface area contributed by atoms with Crippen molar-refractivity contribution in [1.29, 1.82) is 0 Å². The van der Waals surface area contributed by atoms with Gasteiger partial charge < -0.3 is 32.0 Å². The third kappa shape index (κ3) is 4.78. The minimum Gasteiger partial charge on any atom is -1.00 e. The molecule has 1 heterocycles. The summed E-state index contributed by atoms with van der Waals surface area (Å²) >= 11 is 0. The van der Waals surface area contributed by atoms with E-state index in [4.69, 9.17) is 19.6 Å². The number of pyridine rings is 1. The molecule has 18 heavy (non-hydrogen) atoms. The largest absolute Gasteiger partial charge is 1.00 e. The van der Waals surface area contributed by atoms with Gasteiger partial charge in [0.2, 0.25) is 0 Å². The van der Waals surface area contributed by atoms with Gasteiger partial charge in [-0.1, -0.05) is 6.07 Å². The lowest BCUT2D eigenvalue weighted by atomic mass is 10.3. The Morgan fingerprint density at radius 3 is 2.06 bits per heavy atom. The van der Waals surface area contributed by atoms with E-state index in [1.165, 1.54) is 0 Å². The highest BCUT2D eigenvalue weighted by Crippen LogP contribution is 2.60. The first-order valence-corrected chi connectivity index (χ1v) is 8.02. The molecule has 0 aliphatic rings. The van der Waals surface area contributed by atoms with Crippen molar-refractivity contribution in [3.8, 4) is 0 Å². The lowest BCUT2D eigenvalue weighted by Gasteiger charge is -2.18. The van der Waals surface area contributed by atoms with Gasteiger partial charge in [0.1, 0.15) is 7.05 Å². The maximum atomic E-state index is 11.1. The highest BCUT2D eigenvalue weighted by molar-refractivity contribution is 7.70. The number of aryl methyl sites for hydroxylation is 1. The molecule has 0 radical (unpaired) electrons. The highest BCUT2D eigenvalue weighted by atomic mass is 35.5. The highest BCUT2D eigenvalue weighted by Gasteiger charge is 2.44. The fraction of sp³-hybridized carbons (Fsp3) is 0.375. The average molecular weight is 318 g/mol. The molecular formula is C8H14ClNO6P2. The van der Waals surface area contributed by atoms with Crippen LogP contribution in [0.3, 0.4) is 0 Å². The molecule has 0 aliphatic heterocycles. The Bertz CT molecular complexity index is 476. The Balaban J connectivity index is 0.00000289. The molecule has 1 aromatic rings. The molecule has 0 spiro atoms. The van der Waals surface area contributed by atoms with Crippen LogP contribution in [0.25, 0.3) is 0 Å². The SMILES string of the molecule is C[n+]1ccccc1CC(P(=O)(O)O)P(=O)(O)O.[Cl-]. The number of hydrogen-bond acceptors (Lipinski definition) is 2. The molecule has 104 valence electrons. The summed E-state index contributed by atoms with van der Waals surface area (Å²) in [5, 5.41) is -2.00. The van der Waals surface area contributed by atoms with Gasteiger partial charge in [0.25, 0.3) is 0 Å². The van der Waals surface area contributed by atoms with Gasteiger partial charge in [-0.15, -0.1) is 0 Å². The van der Waals surface area contributed by atoms with Crippen molar-refractivity contribution in [2.24, 2.45) is 7.05 Å². The molecule has 0 saturated heterocycles. The predicted molar refractivity (Wildman–Crippen MR) is 59.2 cm³/mol. The predicted octanol–water partition coefficient (Wildman–Crippen LogP) is -3.26. The summed E-state index contributed by atoms with van der Waals surface area (Å²) < 4.78 is 23.7. The Morgan fingerprint density at radius 1 is 1.17 bits per heavy atom. The minimum absolute atomic E-state index is 0. The third-order valence-electron chi connectivity index (χ3n) is 2.33. The molecule has 7 nitrogen and oxygen atoms in total. The molecule has 1 aromatic heterocycles. The van der Waals surface area contributed by atoms with Crippen molar-refractivity contribution in [2.45, 2.75) is 11.8 Å². The molecular weight excluding hydrogens is 303 g/mol. The molecule has 0 saturated carbocycles. The number of aromatic nitrogens is 1. The van der Waals surface area contributed by atoms with Crippen LogP contribution in [0.15, 0.2) is 24.4 Å². The van der Waals surface area contributed by atoms with Gasteiger partial charge >= 0.3 is 15.2 Å². The fourth-order valence-electron chi connectivity index (χ4n) is 1.39. The van der Waals surface area contributed by atoms with Gasteiger partial charge in [0, 0.05) is 12.1 Å². The number of nitrogens with zero attached hydrogens (tertiary/aromatic N) is 1. The first-order valence-electron chi connectivity index (χ1n) is 4.66. The van der Waals surface area contributed by atoms with E-state index in [1.54, 1.807) is 36.0 Å². The van der Waals surface area contributed by atoms with Crippen LogP contribution in [0.5, 0.6) is 0 Å². The van der Waals surface area contributed by atoms with Gasteiger partial charge in [0.05, 0.1) is 6.42 Å². The van der Waals surface area contributed by atoms with Gasteiger partial charge in [0.15, 0.2) is 17.3 Å². The Labute approximate surface area is 110 Å². The van der Waals surface area contributed by atoms with Crippen molar-refractivity contribution < 1.29 is 45.7 Å². The van der Waals surface area contributed by atoms with Crippen LogP contribution in [0.2, 0.25) is 0 Å². The van der Waals surface area contributed by atoms with E-state index >= 15 is 0 Å². The Morgan fingerprint density at radius 2 is 1.67 bits per heavy atom. The normalized spacial score (nSPS) is 12.3. The molecule has 0 amide bonds. The Kier molecular flexibility index (Phi) is 6.17. The van der Waals surface area contributed by atoms with Crippen LogP contribution < -0.4 is 17.0 Å². The number of rotatable bonds is 4. The molecule has 0 bridgehead atoms. The molecule has 0 aliphatic carbocycles. The van der Waals surface area contributed by atoms with Gasteiger partial charge in [-0.3, -0.25) is 9.13 Å². The van der Waals surface area contributed by atoms with E-state index in [2.05, 4.69) is 0 Å². The van der Waals surface area contributed by atoms with Crippen LogP contribution in [0.1, 0.15) is 5.69 Å². The van der Waals surface area contributed by atoms with Crippen molar-refractivity contribution in [1.82, 2.24) is 0 Å². The smallest absolute Gasteiger partial charge is 0.341 e. The monoisotopic (exact) mass is 317 g/mol. The summed E-state index contributed by atoms with van der Waals surface area (Å²) in [5.41, 5.74) is 0.434. The number of halogens is 1. The molecule has 0 unspecified atom stereocenters. The summed E-state index contributed by atoms with van der Waals surface area (Å²) in [5.74, 6) is 0. The zero-order valence-corrected chi connectivity index (χ0v) is 12.0. The minimum atomic E-state index is -4.86. The van der Waals surface area contributed by atoms with E-state index in [9.17, 15) is 9.13 Å². The summed E-state index contributed by atoms with van der Waals surface area (Å²) in [4.78, 5) is 35.9. The summed E-state index contributed by atoms with van der Waals surface area (Å²) in [7, 11) is -8.09. The van der Waals surface area contributed by atoms with Crippen LogP contribution in [0.4, 0.5) is 0 Å². The standard InChI is InChI=1S/C8H13NO6P2.ClH/c1-9-5-3-2-4-7(9)6-8(16(10,11)12)17(13,14)15;/h2-5,8H,6H2,1H3,(H3-,10,11,12,13,14,15);1H. The number of hydrogen-bond donors (Lipinski definition) is 4. The quantitative estimate of drug-likeness (QED) is 0.342. The van der Waals surface area contributed by atoms with Crippen LogP contribution >= 0.6 is 15.2 Å². The second-order valence-corrected chi connectivity index (χ2v) is 7.68. The Hall–Kier alpha value is -0.260. The summed E-state index contributed by atoms with van der Waals surface area (Å²) in [6.07, 6.45) is 1.25. The molecule has 4 N–H and O–H groups in total. The molecule has 0 aromatic carbocycles. The van der Waals surface area contributed by atoms with Crippen LogP contribution in [-0.2, 0) is 22.6 Å². The zero-order chi connectivity index (χ0) is 13.3. The van der Waals surface area contributed by atoms with Crippen molar-refractivity contribution in [2.75, 3.05) is 0 Å². The van der Waals surface area contributed by atoms with E-state index < -0.39 is 20.6 Å². The van der Waals surface area contributed by atoms with Crippen molar-refractivity contribution in [3.05, 3.63) is 30.1 Å². The molecule has 0 atom stereocenters. The maximum Gasteiger partial charge on any atom is 0.341 e. The van der Waals surface area contributed by atoms with E-state index in [0.717, 1.165) is 0 Å². The van der Waals surface area contributed by atoms with Crippen LogP contribution in [0, 0.1) is 0 Å². The summed E-state index contributed by atoms with van der Waals surface area (Å²) in [6, 6.07) is 4.89. The summed E-state index contributed by atoms with van der Waals surface area (Å²) in [6.45, 7) is 0. The zero-order valence-electron chi connectivity index (χ0n) is 9.42.